The van der Waals surface area contributed by atoms with Gasteiger partial charge in [-0.25, -0.2) is 0 Å². The van der Waals surface area contributed by atoms with Crippen molar-refractivity contribution >= 4 is 5.78 Å². The van der Waals surface area contributed by atoms with E-state index in [4.69, 9.17) is 4.74 Å². The smallest absolute Gasteiger partial charge is 0.164 e. The summed E-state index contributed by atoms with van der Waals surface area (Å²) >= 11 is 0. The largest absolute Gasteiger partial charge is 0.492 e. The molecule has 0 aliphatic heterocycles. The Morgan fingerprint density at radius 1 is 1.13 bits per heavy atom. The molecule has 1 aromatic heterocycles. The number of Topliss-reactive ketones (excluding diaryl/α,β-unsaturated/α-hetero) is 1. The van der Waals surface area contributed by atoms with E-state index < -0.39 is 0 Å². The standard InChI is InChI=1S/C19H24N2O2/c1-2-11-20-12-14-23-16-8-6-15(7-9-16)21-13-10-17-18(21)4-3-5-19(17)22/h6-10,13,20H,2-5,11-12,14H2,1H3. The number of hydrogen-bond donors (Lipinski definition) is 1. The highest BCUT2D eigenvalue weighted by atomic mass is 16.5. The van der Waals surface area contributed by atoms with E-state index in [1.54, 1.807) is 0 Å². The fraction of sp³-hybridized carbons (Fsp3) is 0.421. The number of ketones is 1. The van der Waals surface area contributed by atoms with Crippen LogP contribution in [-0.4, -0.2) is 30.0 Å². The van der Waals surface area contributed by atoms with Crippen LogP contribution in [0.2, 0.25) is 0 Å². The molecule has 4 heteroatoms. The van der Waals surface area contributed by atoms with Crippen LogP contribution in [0, 0.1) is 0 Å². The van der Waals surface area contributed by atoms with Crippen molar-refractivity contribution in [3.63, 3.8) is 0 Å². The average Bonchev–Trinajstić information content (AvgIpc) is 3.01. The Hall–Kier alpha value is -2.07. The van der Waals surface area contributed by atoms with Gasteiger partial charge in [-0.05, 0) is 56.1 Å². The number of nitrogens with one attached hydrogen (secondary N) is 1. The fourth-order valence-corrected chi connectivity index (χ4v) is 3.01. The zero-order valence-corrected chi connectivity index (χ0v) is 13.7. The van der Waals surface area contributed by atoms with Crippen LogP contribution in [0.5, 0.6) is 5.75 Å². The number of benzene rings is 1. The molecule has 3 rings (SSSR count). The number of aromatic nitrogens is 1. The van der Waals surface area contributed by atoms with Crippen molar-refractivity contribution in [3.05, 3.63) is 47.8 Å². The van der Waals surface area contributed by atoms with Gasteiger partial charge in [-0.3, -0.25) is 4.79 Å². The Bertz CT molecular complexity index is 659. The molecule has 0 bridgehead atoms. The molecule has 0 spiro atoms. The van der Waals surface area contributed by atoms with Crippen LogP contribution in [-0.2, 0) is 6.42 Å². The normalized spacial score (nSPS) is 13.9. The summed E-state index contributed by atoms with van der Waals surface area (Å²) in [6.07, 6.45) is 5.73. The zero-order chi connectivity index (χ0) is 16.1. The first-order valence-electron chi connectivity index (χ1n) is 8.47. The van der Waals surface area contributed by atoms with E-state index in [0.29, 0.717) is 13.0 Å². The number of fused-ring (bicyclic) bond motifs is 1. The van der Waals surface area contributed by atoms with Crippen LogP contribution in [0.4, 0.5) is 0 Å². The van der Waals surface area contributed by atoms with Crippen LogP contribution in [0.1, 0.15) is 42.2 Å². The minimum atomic E-state index is 0.268. The van der Waals surface area contributed by atoms with E-state index in [-0.39, 0.29) is 5.78 Å². The maximum absolute atomic E-state index is 11.9. The van der Waals surface area contributed by atoms with Crippen molar-refractivity contribution in [2.75, 3.05) is 19.7 Å². The molecule has 0 saturated heterocycles. The van der Waals surface area contributed by atoms with Gasteiger partial charge < -0.3 is 14.6 Å². The molecule has 122 valence electrons. The molecular weight excluding hydrogens is 288 g/mol. The summed E-state index contributed by atoms with van der Waals surface area (Å²) < 4.78 is 7.85. The summed E-state index contributed by atoms with van der Waals surface area (Å²) in [6, 6.07) is 10.0. The van der Waals surface area contributed by atoms with Crippen LogP contribution in [0.25, 0.3) is 5.69 Å². The first-order chi connectivity index (χ1) is 11.3. The Morgan fingerprint density at radius 2 is 1.96 bits per heavy atom. The van der Waals surface area contributed by atoms with E-state index in [9.17, 15) is 4.79 Å². The zero-order valence-electron chi connectivity index (χ0n) is 13.7. The van der Waals surface area contributed by atoms with E-state index >= 15 is 0 Å². The number of ether oxygens (including phenoxy) is 1. The summed E-state index contributed by atoms with van der Waals surface area (Å²) in [6.45, 7) is 4.72. The molecular formula is C19H24N2O2. The molecule has 4 nitrogen and oxygen atoms in total. The van der Waals surface area contributed by atoms with Gasteiger partial charge in [0.2, 0.25) is 0 Å². The van der Waals surface area contributed by atoms with Crippen molar-refractivity contribution in [1.82, 2.24) is 9.88 Å². The molecule has 1 aliphatic carbocycles. The monoisotopic (exact) mass is 312 g/mol. The van der Waals surface area contributed by atoms with Gasteiger partial charge in [-0.2, -0.15) is 0 Å². The Labute approximate surface area is 137 Å². The highest BCUT2D eigenvalue weighted by Crippen LogP contribution is 2.26. The Balaban J connectivity index is 1.65. The highest BCUT2D eigenvalue weighted by molar-refractivity contribution is 5.98. The SMILES string of the molecule is CCCNCCOc1ccc(-n2ccc3c2CCCC3=O)cc1. The summed E-state index contributed by atoms with van der Waals surface area (Å²) in [5.74, 6) is 1.15. The molecule has 0 amide bonds. The molecule has 0 unspecified atom stereocenters. The molecule has 2 aromatic rings. The molecule has 0 atom stereocenters. The van der Waals surface area contributed by atoms with Gasteiger partial charge in [0.15, 0.2) is 5.78 Å². The predicted molar refractivity (Wildman–Crippen MR) is 91.7 cm³/mol. The lowest BCUT2D eigenvalue weighted by Crippen LogP contribution is -2.21. The molecule has 23 heavy (non-hydrogen) atoms. The third-order valence-corrected chi connectivity index (χ3v) is 4.20. The second-order valence-corrected chi connectivity index (χ2v) is 5.92. The van der Waals surface area contributed by atoms with E-state index in [0.717, 1.165) is 55.0 Å². The van der Waals surface area contributed by atoms with Crippen LogP contribution in [0.15, 0.2) is 36.5 Å². The molecule has 0 fully saturated rings. The number of hydrogen-bond acceptors (Lipinski definition) is 3. The summed E-state index contributed by atoms with van der Waals surface area (Å²) in [7, 11) is 0. The quantitative estimate of drug-likeness (QED) is 0.797. The number of nitrogens with zero attached hydrogens (tertiary/aromatic N) is 1. The Morgan fingerprint density at radius 3 is 2.74 bits per heavy atom. The topological polar surface area (TPSA) is 43.3 Å². The number of carbonyl (C=O) groups excluding carboxylic acids is 1. The van der Waals surface area contributed by atoms with Crippen LogP contribution >= 0.6 is 0 Å². The van der Waals surface area contributed by atoms with Gasteiger partial charge in [-0.1, -0.05) is 6.92 Å². The first-order valence-corrected chi connectivity index (χ1v) is 8.47. The van der Waals surface area contributed by atoms with Crippen LogP contribution in [0.3, 0.4) is 0 Å². The van der Waals surface area contributed by atoms with Crippen molar-refractivity contribution in [2.24, 2.45) is 0 Å². The molecule has 1 aromatic carbocycles. The molecule has 1 heterocycles. The minimum absolute atomic E-state index is 0.268. The Kier molecular flexibility index (Phi) is 5.13. The van der Waals surface area contributed by atoms with E-state index in [2.05, 4.69) is 16.8 Å². The van der Waals surface area contributed by atoms with Gasteiger partial charge in [0.05, 0.1) is 0 Å². The predicted octanol–water partition coefficient (Wildman–Crippen LogP) is 3.37. The summed E-state index contributed by atoms with van der Waals surface area (Å²) in [5, 5.41) is 3.32. The fourth-order valence-electron chi connectivity index (χ4n) is 3.01. The van der Waals surface area contributed by atoms with E-state index in [1.807, 2.05) is 36.5 Å². The summed E-state index contributed by atoms with van der Waals surface area (Å²) in [5.41, 5.74) is 3.11. The van der Waals surface area contributed by atoms with Gasteiger partial charge in [0, 0.05) is 36.1 Å². The average molecular weight is 312 g/mol. The van der Waals surface area contributed by atoms with Crippen molar-refractivity contribution in [2.45, 2.75) is 32.6 Å². The lowest BCUT2D eigenvalue weighted by molar-refractivity contribution is 0.0972. The van der Waals surface area contributed by atoms with Crippen LogP contribution < -0.4 is 10.1 Å². The first kappa shape index (κ1) is 15.8. The summed E-state index contributed by atoms with van der Waals surface area (Å²) in [4.78, 5) is 11.9. The molecule has 1 N–H and O–H groups in total. The van der Waals surface area contributed by atoms with Gasteiger partial charge in [0.25, 0.3) is 0 Å². The van der Waals surface area contributed by atoms with Gasteiger partial charge in [-0.15, -0.1) is 0 Å². The lowest BCUT2D eigenvalue weighted by atomic mass is 9.97. The van der Waals surface area contributed by atoms with Gasteiger partial charge >= 0.3 is 0 Å². The third-order valence-electron chi connectivity index (χ3n) is 4.20. The lowest BCUT2D eigenvalue weighted by Gasteiger charge is -2.15. The second-order valence-electron chi connectivity index (χ2n) is 5.92. The van der Waals surface area contributed by atoms with Crippen molar-refractivity contribution in [3.8, 4) is 11.4 Å². The molecule has 1 aliphatic rings. The number of carbonyl (C=O) groups is 1. The van der Waals surface area contributed by atoms with Gasteiger partial charge in [0.1, 0.15) is 12.4 Å². The minimum Gasteiger partial charge on any atom is -0.492 e. The van der Waals surface area contributed by atoms with E-state index in [1.165, 1.54) is 0 Å². The second kappa shape index (κ2) is 7.47. The molecule has 0 radical (unpaired) electrons. The third kappa shape index (κ3) is 3.64. The number of rotatable bonds is 7. The van der Waals surface area contributed by atoms with Crippen molar-refractivity contribution in [1.29, 1.82) is 0 Å². The molecule has 0 saturated carbocycles. The maximum Gasteiger partial charge on any atom is 0.164 e. The maximum atomic E-state index is 11.9. The highest BCUT2D eigenvalue weighted by Gasteiger charge is 2.20. The van der Waals surface area contributed by atoms with Crippen molar-refractivity contribution < 1.29 is 9.53 Å².